The average Bonchev–Trinajstić information content (AvgIpc) is 3.19. The molecule has 10 radical (unpaired) electrons. The van der Waals surface area contributed by atoms with Crippen molar-refractivity contribution in [3.8, 4) is 0 Å². The first-order chi connectivity index (χ1) is 9.75. The molecule has 0 amide bonds. The molecule has 1 aromatic heterocycles. The van der Waals surface area contributed by atoms with Gasteiger partial charge in [0.05, 0.1) is 15.8 Å². The molecule has 0 bridgehead atoms. The van der Waals surface area contributed by atoms with Gasteiger partial charge in [-0.25, -0.2) is 0 Å². The molecular weight excluding hydrogens is 328 g/mol. The first-order valence-corrected chi connectivity index (χ1v) is 6.74. The van der Waals surface area contributed by atoms with E-state index in [1.54, 1.807) is 12.3 Å². The van der Waals surface area contributed by atoms with Gasteiger partial charge in [0, 0.05) is 12.3 Å². The van der Waals surface area contributed by atoms with Crippen LogP contribution in [-0.4, -0.2) is 11.1 Å². The Kier molecular flexibility index (Phi) is 8.81. The maximum atomic E-state index is 10.4. The second-order valence-electron chi connectivity index (χ2n) is 3.80. The Labute approximate surface area is 140 Å². The quantitative estimate of drug-likeness (QED) is 0.366. The first-order valence-electron chi connectivity index (χ1n) is 5.92. The summed E-state index contributed by atoms with van der Waals surface area (Å²) < 4.78 is 0. The largest absolute Gasteiger partial charge is 2.00 e. The molecule has 4 nitrogen and oxygen atoms in total. The number of nitrogens with zero attached hydrogens (tertiary/aromatic N) is 2. The molecule has 3 rings (SSSR count). The summed E-state index contributed by atoms with van der Waals surface area (Å²) in [5, 5.41) is 10.6. The molecule has 2 aliphatic rings. The molecule has 0 unspecified atom stereocenters. The van der Waals surface area contributed by atoms with Crippen molar-refractivity contribution in [2.45, 2.75) is 0 Å². The van der Waals surface area contributed by atoms with Crippen LogP contribution in [0.3, 0.4) is 0 Å². The second kappa shape index (κ2) is 10.1. The monoisotopic (exact) mass is 340 g/mol. The third-order valence-corrected chi connectivity index (χ3v) is 3.31. The zero-order chi connectivity index (χ0) is 14.2. The summed E-state index contributed by atoms with van der Waals surface area (Å²) in [6, 6.07) is 4.03. The topological polar surface area (TPSA) is 55.5 Å². The van der Waals surface area contributed by atoms with Crippen LogP contribution in [0.25, 0.3) is 0 Å². The van der Waals surface area contributed by atoms with Crippen LogP contribution in [0, 0.1) is 73.9 Å². The SMILES string of the molecule is O=[N+]([O-])c1ccc(C=N[C]2[CH][CH][CH][CH]2)s1.[CH]1[CH][CH][CH][CH]1.[Fe+2]. The molecule has 0 aromatic carbocycles. The van der Waals surface area contributed by atoms with E-state index in [1.165, 1.54) is 6.07 Å². The van der Waals surface area contributed by atoms with Crippen molar-refractivity contribution in [2.75, 3.05) is 0 Å². The minimum Gasteiger partial charge on any atom is -0.282 e. The molecule has 2 aliphatic carbocycles. The van der Waals surface area contributed by atoms with E-state index < -0.39 is 4.92 Å². The maximum Gasteiger partial charge on any atom is 2.00 e. The molecule has 0 saturated heterocycles. The van der Waals surface area contributed by atoms with Crippen LogP contribution in [0.1, 0.15) is 4.88 Å². The van der Waals surface area contributed by atoms with E-state index in [2.05, 4.69) is 4.99 Å². The number of nitro groups is 1. The average molecular weight is 340 g/mol. The van der Waals surface area contributed by atoms with E-state index in [1.807, 2.05) is 57.8 Å². The molecule has 6 heteroatoms. The van der Waals surface area contributed by atoms with Crippen LogP contribution < -0.4 is 0 Å². The van der Waals surface area contributed by atoms with Crippen LogP contribution in [-0.2, 0) is 17.1 Å². The molecule has 106 valence electrons. The van der Waals surface area contributed by atoms with Gasteiger partial charge in [0.15, 0.2) is 0 Å². The van der Waals surface area contributed by atoms with Gasteiger partial charge < -0.3 is 0 Å². The summed E-state index contributed by atoms with van der Waals surface area (Å²) in [5.41, 5.74) is 0. The van der Waals surface area contributed by atoms with Gasteiger partial charge in [-0.2, -0.15) is 0 Å². The zero-order valence-electron chi connectivity index (χ0n) is 10.9. The standard InChI is InChI=1S/C10H7N2O2S.C5H5.Fe/c13-12(14)10-6-5-9(15-10)7-11-8-3-1-2-4-8;1-2-4-5-3-1;/h1-7H;1-5H;/q;;+2. The molecule has 0 spiro atoms. The zero-order valence-corrected chi connectivity index (χ0v) is 12.8. The van der Waals surface area contributed by atoms with E-state index in [-0.39, 0.29) is 22.1 Å². The summed E-state index contributed by atoms with van der Waals surface area (Å²) in [4.78, 5) is 15.0. The van der Waals surface area contributed by atoms with Gasteiger partial charge in [-0.1, -0.05) is 11.3 Å². The molecule has 2 fully saturated rings. The Balaban J connectivity index is 0.000000313. The van der Waals surface area contributed by atoms with E-state index in [4.69, 9.17) is 0 Å². The molecular formula is C15H12FeN2O2S+2. The van der Waals surface area contributed by atoms with Crippen LogP contribution in [0.2, 0.25) is 0 Å². The van der Waals surface area contributed by atoms with Crippen LogP contribution in [0.4, 0.5) is 5.00 Å². The maximum absolute atomic E-state index is 10.4. The van der Waals surface area contributed by atoms with Gasteiger partial charge >= 0.3 is 22.1 Å². The fourth-order valence-electron chi connectivity index (χ4n) is 1.42. The van der Waals surface area contributed by atoms with Crippen molar-refractivity contribution in [3.63, 3.8) is 0 Å². The normalized spacial score (nSPS) is 18.3. The van der Waals surface area contributed by atoms with Crippen molar-refractivity contribution in [2.24, 2.45) is 4.99 Å². The van der Waals surface area contributed by atoms with Crippen molar-refractivity contribution in [3.05, 3.63) is 91.0 Å². The molecule has 1 aromatic rings. The van der Waals surface area contributed by atoms with Gasteiger partial charge in [-0.05, 0) is 63.9 Å². The number of thiophene rings is 1. The summed E-state index contributed by atoms with van der Waals surface area (Å²) in [6.45, 7) is 0. The van der Waals surface area contributed by atoms with Crippen molar-refractivity contribution in [1.29, 1.82) is 0 Å². The minimum absolute atomic E-state index is 0. The predicted molar refractivity (Wildman–Crippen MR) is 80.5 cm³/mol. The number of hydrogen-bond donors (Lipinski definition) is 0. The van der Waals surface area contributed by atoms with E-state index in [0.717, 1.165) is 22.3 Å². The van der Waals surface area contributed by atoms with E-state index in [0.29, 0.717) is 0 Å². The van der Waals surface area contributed by atoms with Crippen LogP contribution in [0.15, 0.2) is 17.1 Å². The number of aliphatic imine (C=N–C) groups is 1. The molecule has 0 atom stereocenters. The Hall–Kier alpha value is -0.711. The molecule has 1 heterocycles. The summed E-state index contributed by atoms with van der Waals surface area (Å²) in [6.07, 6.45) is 19.2. The first kappa shape index (κ1) is 18.3. The smallest absolute Gasteiger partial charge is 0.282 e. The van der Waals surface area contributed by atoms with Gasteiger partial charge in [0.2, 0.25) is 0 Å². The summed E-state index contributed by atoms with van der Waals surface area (Å²) >= 11 is 1.11. The number of hydrogen-bond acceptors (Lipinski definition) is 4. The van der Waals surface area contributed by atoms with Gasteiger partial charge in [-0.3, -0.25) is 15.1 Å². The minimum atomic E-state index is -0.398. The molecule has 2 saturated carbocycles. The number of rotatable bonds is 3. The predicted octanol–water partition coefficient (Wildman–Crippen LogP) is 3.46. The summed E-state index contributed by atoms with van der Waals surface area (Å²) in [5.74, 6) is 0. The second-order valence-corrected chi connectivity index (χ2v) is 4.89. The molecule has 21 heavy (non-hydrogen) atoms. The fourth-order valence-corrected chi connectivity index (χ4v) is 2.11. The van der Waals surface area contributed by atoms with Crippen molar-refractivity contribution in [1.82, 2.24) is 0 Å². The Morgan fingerprint density at radius 2 is 1.57 bits per heavy atom. The molecule has 0 aliphatic heterocycles. The molecule has 0 N–H and O–H groups in total. The van der Waals surface area contributed by atoms with E-state index in [9.17, 15) is 10.1 Å². The Bertz CT molecular complexity index is 445. The van der Waals surface area contributed by atoms with Gasteiger partial charge in [-0.15, -0.1) is 0 Å². The van der Waals surface area contributed by atoms with Crippen LogP contribution >= 0.6 is 11.3 Å². The summed E-state index contributed by atoms with van der Waals surface area (Å²) in [7, 11) is 0. The van der Waals surface area contributed by atoms with Crippen LogP contribution in [0.5, 0.6) is 0 Å². The fraction of sp³-hybridized carbons (Fsp3) is 0. The van der Waals surface area contributed by atoms with E-state index >= 15 is 0 Å². The van der Waals surface area contributed by atoms with Gasteiger partial charge in [0.1, 0.15) is 0 Å². The Morgan fingerprint density at radius 3 is 2.05 bits per heavy atom. The van der Waals surface area contributed by atoms with Gasteiger partial charge in [0.25, 0.3) is 0 Å². The third kappa shape index (κ3) is 6.72. The third-order valence-electron chi connectivity index (χ3n) is 2.33. The Morgan fingerprint density at radius 1 is 1.00 bits per heavy atom. The van der Waals surface area contributed by atoms with Crippen molar-refractivity contribution < 1.29 is 22.0 Å². The van der Waals surface area contributed by atoms with Crippen molar-refractivity contribution >= 4 is 22.6 Å².